The monoisotopic (exact) mass is 460 g/mol. The molecule has 0 unspecified atom stereocenters. The molecule has 1 aromatic rings. The van der Waals surface area contributed by atoms with Gasteiger partial charge in [0, 0.05) is 31.9 Å². The SMILES string of the molecule is CN/C(N)=C(/Cl)C(=N)C(=O)NC1CCN(C(=O)CNc2cccc(C(F)(F)F)c2)CC1. The van der Waals surface area contributed by atoms with Crippen LogP contribution in [-0.4, -0.2) is 55.1 Å². The van der Waals surface area contributed by atoms with Crippen LogP contribution >= 0.6 is 11.6 Å². The molecule has 0 bridgehead atoms. The fourth-order valence-electron chi connectivity index (χ4n) is 2.97. The second-order valence-electron chi connectivity index (χ2n) is 6.91. The molecule has 0 radical (unpaired) electrons. The Labute approximate surface area is 182 Å². The highest BCUT2D eigenvalue weighted by Crippen LogP contribution is 2.30. The number of likely N-dealkylation sites (tertiary alicyclic amines) is 1. The van der Waals surface area contributed by atoms with Crippen LogP contribution in [-0.2, 0) is 15.8 Å². The summed E-state index contributed by atoms with van der Waals surface area (Å²) in [5, 5.41) is 15.6. The number of carbonyl (C=O) groups is 2. The molecule has 170 valence electrons. The molecule has 1 heterocycles. The van der Waals surface area contributed by atoms with Gasteiger partial charge in [-0.15, -0.1) is 0 Å². The van der Waals surface area contributed by atoms with E-state index in [0.29, 0.717) is 25.9 Å². The van der Waals surface area contributed by atoms with E-state index in [1.165, 1.54) is 19.2 Å². The fourth-order valence-corrected chi connectivity index (χ4v) is 3.15. The van der Waals surface area contributed by atoms with Gasteiger partial charge < -0.3 is 26.6 Å². The lowest BCUT2D eigenvalue weighted by Crippen LogP contribution is -2.49. The van der Waals surface area contributed by atoms with Crippen molar-refractivity contribution in [2.24, 2.45) is 5.73 Å². The van der Waals surface area contributed by atoms with Gasteiger partial charge in [0.1, 0.15) is 16.6 Å². The highest BCUT2D eigenvalue weighted by molar-refractivity contribution is 6.58. The Morgan fingerprint density at radius 3 is 2.52 bits per heavy atom. The third-order valence-electron chi connectivity index (χ3n) is 4.77. The molecule has 0 atom stereocenters. The van der Waals surface area contributed by atoms with Gasteiger partial charge in [-0.05, 0) is 31.0 Å². The minimum Gasteiger partial charge on any atom is -0.384 e. The molecule has 12 heteroatoms. The molecule has 0 aliphatic carbocycles. The summed E-state index contributed by atoms with van der Waals surface area (Å²) < 4.78 is 38.3. The number of benzene rings is 1. The second-order valence-corrected chi connectivity index (χ2v) is 7.29. The van der Waals surface area contributed by atoms with Crippen molar-refractivity contribution in [3.8, 4) is 0 Å². The van der Waals surface area contributed by atoms with E-state index in [2.05, 4.69) is 16.0 Å². The van der Waals surface area contributed by atoms with E-state index in [-0.39, 0.29) is 35.0 Å². The van der Waals surface area contributed by atoms with Crippen molar-refractivity contribution in [3.63, 3.8) is 0 Å². The number of carbonyl (C=O) groups excluding carboxylic acids is 2. The zero-order valence-corrected chi connectivity index (χ0v) is 17.5. The van der Waals surface area contributed by atoms with Crippen molar-refractivity contribution in [1.82, 2.24) is 15.5 Å². The minimum absolute atomic E-state index is 0.00973. The maximum atomic E-state index is 12.8. The molecule has 1 fully saturated rings. The molecule has 2 rings (SSSR count). The van der Waals surface area contributed by atoms with Crippen molar-refractivity contribution in [2.45, 2.75) is 25.1 Å². The van der Waals surface area contributed by atoms with E-state index in [1.54, 1.807) is 4.90 Å². The molecule has 1 aliphatic heterocycles. The van der Waals surface area contributed by atoms with Crippen LogP contribution in [0.5, 0.6) is 0 Å². The summed E-state index contributed by atoms with van der Waals surface area (Å²) in [4.78, 5) is 26.1. The Hall–Kier alpha value is -2.95. The molecule has 0 spiro atoms. The molecule has 8 nitrogen and oxygen atoms in total. The summed E-state index contributed by atoms with van der Waals surface area (Å²) in [6.07, 6.45) is -3.52. The van der Waals surface area contributed by atoms with Crippen molar-refractivity contribution in [2.75, 3.05) is 32.0 Å². The third-order valence-corrected chi connectivity index (χ3v) is 5.16. The van der Waals surface area contributed by atoms with Crippen molar-refractivity contribution in [1.29, 1.82) is 5.41 Å². The number of rotatable bonds is 7. The Morgan fingerprint density at radius 1 is 1.29 bits per heavy atom. The van der Waals surface area contributed by atoms with Crippen LogP contribution in [0.2, 0.25) is 0 Å². The van der Waals surface area contributed by atoms with Gasteiger partial charge in [0.25, 0.3) is 5.91 Å². The van der Waals surface area contributed by atoms with E-state index in [9.17, 15) is 22.8 Å². The summed E-state index contributed by atoms with van der Waals surface area (Å²) in [5.41, 5.74) is 4.50. The zero-order chi connectivity index (χ0) is 23.2. The van der Waals surface area contributed by atoms with E-state index in [4.69, 9.17) is 22.7 Å². The summed E-state index contributed by atoms with van der Waals surface area (Å²) in [7, 11) is 1.51. The van der Waals surface area contributed by atoms with Gasteiger partial charge in [-0.2, -0.15) is 13.2 Å². The molecule has 0 aromatic heterocycles. The summed E-state index contributed by atoms with van der Waals surface area (Å²) in [6, 6.07) is 4.40. The molecule has 2 amide bonds. The Bertz CT molecular complexity index is 866. The summed E-state index contributed by atoms with van der Waals surface area (Å²) in [6.45, 7) is 0.583. The number of nitrogens with one attached hydrogen (secondary N) is 4. The first-order valence-corrected chi connectivity index (χ1v) is 9.82. The second kappa shape index (κ2) is 10.4. The maximum absolute atomic E-state index is 12.8. The lowest BCUT2D eigenvalue weighted by Gasteiger charge is -2.32. The van der Waals surface area contributed by atoms with Crippen LogP contribution in [0.4, 0.5) is 18.9 Å². The first-order valence-electron chi connectivity index (χ1n) is 9.44. The van der Waals surface area contributed by atoms with Gasteiger partial charge in [0.15, 0.2) is 0 Å². The number of halogens is 4. The van der Waals surface area contributed by atoms with Crippen LogP contribution in [0.3, 0.4) is 0 Å². The van der Waals surface area contributed by atoms with Crippen LogP contribution < -0.4 is 21.7 Å². The largest absolute Gasteiger partial charge is 0.416 e. The highest BCUT2D eigenvalue weighted by Gasteiger charge is 2.30. The summed E-state index contributed by atoms with van der Waals surface area (Å²) in [5.74, 6) is -0.919. The lowest BCUT2D eigenvalue weighted by atomic mass is 10.0. The van der Waals surface area contributed by atoms with Crippen LogP contribution in [0.15, 0.2) is 35.1 Å². The van der Waals surface area contributed by atoms with E-state index in [0.717, 1.165) is 12.1 Å². The molecule has 1 aromatic carbocycles. The van der Waals surface area contributed by atoms with Crippen LogP contribution in [0, 0.1) is 5.41 Å². The predicted octanol–water partition coefficient (Wildman–Crippen LogP) is 1.83. The number of amides is 2. The normalized spacial score (nSPS) is 15.7. The van der Waals surface area contributed by atoms with Crippen molar-refractivity contribution < 1.29 is 22.8 Å². The van der Waals surface area contributed by atoms with Crippen molar-refractivity contribution >= 4 is 34.8 Å². The number of alkyl halides is 3. The number of hydrogen-bond donors (Lipinski definition) is 5. The van der Waals surface area contributed by atoms with Gasteiger partial charge in [-0.3, -0.25) is 15.0 Å². The molecular formula is C19H24ClF3N6O2. The Balaban J connectivity index is 1.81. The number of nitrogens with zero attached hydrogens (tertiary/aromatic N) is 1. The molecule has 1 aliphatic rings. The van der Waals surface area contributed by atoms with Crippen LogP contribution in [0.25, 0.3) is 0 Å². The fraction of sp³-hybridized carbons (Fsp3) is 0.421. The van der Waals surface area contributed by atoms with E-state index < -0.39 is 23.4 Å². The Kier molecular flexibility index (Phi) is 8.14. The third kappa shape index (κ3) is 6.78. The smallest absolute Gasteiger partial charge is 0.384 e. The van der Waals surface area contributed by atoms with Crippen LogP contribution in [0.1, 0.15) is 18.4 Å². The highest BCUT2D eigenvalue weighted by atomic mass is 35.5. The quantitative estimate of drug-likeness (QED) is 0.397. The molecule has 1 saturated heterocycles. The first-order chi connectivity index (χ1) is 14.5. The number of hydrogen-bond acceptors (Lipinski definition) is 6. The number of nitrogens with two attached hydrogens (primary N) is 1. The Morgan fingerprint density at radius 2 is 1.94 bits per heavy atom. The molecule has 0 saturated carbocycles. The average Bonchev–Trinajstić information content (AvgIpc) is 2.75. The number of piperidine rings is 1. The van der Waals surface area contributed by atoms with Crippen molar-refractivity contribution in [3.05, 3.63) is 40.7 Å². The van der Waals surface area contributed by atoms with Gasteiger partial charge >= 0.3 is 6.18 Å². The zero-order valence-electron chi connectivity index (χ0n) is 16.8. The number of anilines is 1. The molecular weight excluding hydrogens is 437 g/mol. The van der Waals surface area contributed by atoms with Gasteiger partial charge in [0.05, 0.1) is 12.1 Å². The van der Waals surface area contributed by atoms with E-state index >= 15 is 0 Å². The van der Waals surface area contributed by atoms with Gasteiger partial charge in [-0.25, -0.2) is 0 Å². The van der Waals surface area contributed by atoms with E-state index in [1.807, 2.05) is 0 Å². The van der Waals surface area contributed by atoms with Gasteiger partial charge in [-0.1, -0.05) is 17.7 Å². The predicted molar refractivity (Wildman–Crippen MR) is 112 cm³/mol. The average molecular weight is 461 g/mol. The van der Waals surface area contributed by atoms with Gasteiger partial charge in [0.2, 0.25) is 5.91 Å². The molecule has 31 heavy (non-hydrogen) atoms. The standard InChI is InChI=1S/C19H24ClF3N6O2/c1-26-17(25)15(20)16(24)18(31)28-12-5-7-29(8-6-12)14(30)10-27-13-4-2-3-11(9-13)19(21,22)23/h2-4,9,12,24,26-27H,5-8,10,25H2,1H3,(H,28,31)/b17-15+,24-16?. The lowest BCUT2D eigenvalue weighted by molar-refractivity contribution is -0.137. The minimum atomic E-state index is -4.46. The topological polar surface area (TPSA) is 123 Å². The maximum Gasteiger partial charge on any atom is 0.416 e. The molecule has 6 N–H and O–H groups in total. The first kappa shape index (κ1) is 24.3. The summed E-state index contributed by atoms with van der Waals surface area (Å²) >= 11 is 5.86.